The van der Waals surface area contributed by atoms with E-state index in [1.54, 1.807) is 6.07 Å². The first-order valence-corrected chi connectivity index (χ1v) is 5.68. The number of rotatable bonds is 2. The Bertz CT molecular complexity index is 597. The number of aromatic nitrogens is 2. The van der Waals surface area contributed by atoms with Gasteiger partial charge in [0.2, 0.25) is 0 Å². The van der Waals surface area contributed by atoms with Gasteiger partial charge >= 0.3 is 0 Å². The van der Waals surface area contributed by atoms with Crippen LogP contribution in [0.1, 0.15) is 17.1 Å². The Morgan fingerprint density at radius 1 is 1.11 bits per heavy atom. The van der Waals surface area contributed by atoms with E-state index in [1.807, 2.05) is 20.8 Å². The lowest BCUT2D eigenvalue weighted by molar-refractivity contribution is 0.413. The van der Waals surface area contributed by atoms with Gasteiger partial charge in [0.1, 0.15) is 17.4 Å². The third kappa shape index (κ3) is 2.18. The standard InChI is InChI=1S/C14H15FN2O/c1-8-9(2)16-10(3)17-14(8)12-6-5-11(15)7-13(12)18-4/h5-7H,1-4H3. The van der Waals surface area contributed by atoms with Gasteiger partial charge in [-0.15, -0.1) is 0 Å². The average molecular weight is 246 g/mol. The largest absolute Gasteiger partial charge is 0.496 e. The molecule has 2 rings (SSSR count). The van der Waals surface area contributed by atoms with Gasteiger partial charge in [0.05, 0.1) is 12.8 Å². The number of ether oxygens (including phenoxy) is 1. The molecule has 0 saturated carbocycles. The molecule has 0 radical (unpaired) electrons. The van der Waals surface area contributed by atoms with Crippen LogP contribution in [0.4, 0.5) is 4.39 Å². The van der Waals surface area contributed by atoms with Crippen molar-refractivity contribution in [2.75, 3.05) is 7.11 Å². The Labute approximate surface area is 106 Å². The van der Waals surface area contributed by atoms with E-state index < -0.39 is 0 Å². The van der Waals surface area contributed by atoms with Crippen LogP contribution in [0.5, 0.6) is 5.75 Å². The van der Waals surface area contributed by atoms with Crippen molar-refractivity contribution in [2.24, 2.45) is 0 Å². The molecule has 0 bridgehead atoms. The van der Waals surface area contributed by atoms with Crippen LogP contribution in [0.25, 0.3) is 11.3 Å². The third-order valence-electron chi connectivity index (χ3n) is 2.92. The summed E-state index contributed by atoms with van der Waals surface area (Å²) >= 11 is 0. The van der Waals surface area contributed by atoms with Gasteiger partial charge in [0.25, 0.3) is 0 Å². The minimum atomic E-state index is -0.323. The van der Waals surface area contributed by atoms with Gasteiger partial charge in [-0.05, 0) is 38.5 Å². The average Bonchev–Trinajstić information content (AvgIpc) is 2.34. The summed E-state index contributed by atoms with van der Waals surface area (Å²) < 4.78 is 18.4. The maximum Gasteiger partial charge on any atom is 0.131 e. The lowest BCUT2D eigenvalue weighted by atomic mass is 10.0. The zero-order valence-corrected chi connectivity index (χ0v) is 10.9. The monoisotopic (exact) mass is 246 g/mol. The van der Waals surface area contributed by atoms with Crippen LogP contribution < -0.4 is 4.74 Å². The van der Waals surface area contributed by atoms with E-state index >= 15 is 0 Å². The second kappa shape index (κ2) is 4.72. The van der Waals surface area contributed by atoms with Crippen molar-refractivity contribution in [3.8, 4) is 17.0 Å². The molecule has 0 unspecified atom stereocenters. The van der Waals surface area contributed by atoms with E-state index in [0.29, 0.717) is 11.6 Å². The highest BCUT2D eigenvalue weighted by Gasteiger charge is 2.13. The van der Waals surface area contributed by atoms with Gasteiger partial charge in [-0.25, -0.2) is 14.4 Å². The minimum absolute atomic E-state index is 0.323. The predicted octanol–water partition coefficient (Wildman–Crippen LogP) is 3.22. The summed E-state index contributed by atoms with van der Waals surface area (Å²) in [7, 11) is 1.52. The molecule has 0 spiro atoms. The van der Waals surface area contributed by atoms with Gasteiger partial charge in [-0.3, -0.25) is 0 Å². The first-order chi connectivity index (χ1) is 8.52. The smallest absolute Gasteiger partial charge is 0.131 e. The molecule has 1 heterocycles. The molecule has 1 aromatic carbocycles. The van der Waals surface area contributed by atoms with Crippen LogP contribution in [0.2, 0.25) is 0 Å². The summed E-state index contributed by atoms with van der Waals surface area (Å²) in [5, 5.41) is 0. The topological polar surface area (TPSA) is 35.0 Å². The van der Waals surface area contributed by atoms with E-state index in [1.165, 1.54) is 19.2 Å². The van der Waals surface area contributed by atoms with Crippen LogP contribution in [0, 0.1) is 26.6 Å². The van der Waals surface area contributed by atoms with Crippen molar-refractivity contribution < 1.29 is 9.13 Å². The maximum absolute atomic E-state index is 13.2. The Balaban J connectivity index is 2.69. The summed E-state index contributed by atoms with van der Waals surface area (Å²) in [6, 6.07) is 4.45. The maximum atomic E-state index is 13.2. The fraction of sp³-hybridized carbons (Fsp3) is 0.286. The molecule has 3 nitrogen and oxygen atoms in total. The molecule has 0 fully saturated rings. The molecule has 0 aliphatic carbocycles. The zero-order chi connectivity index (χ0) is 13.3. The summed E-state index contributed by atoms with van der Waals surface area (Å²) in [6.07, 6.45) is 0. The molecule has 4 heteroatoms. The Morgan fingerprint density at radius 3 is 2.50 bits per heavy atom. The first-order valence-electron chi connectivity index (χ1n) is 5.68. The van der Waals surface area contributed by atoms with Crippen molar-refractivity contribution in [3.05, 3.63) is 41.1 Å². The van der Waals surface area contributed by atoms with Crippen LogP contribution in [-0.4, -0.2) is 17.1 Å². The van der Waals surface area contributed by atoms with Gasteiger partial charge in [0, 0.05) is 17.3 Å². The number of methoxy groups -OCH3 is 1. The predicted molar refractivity (Wildman–Crippen MR) is 68.2 cm³/mol. The van der Waals surface area contributed by atoms with Crippen LogP contribution in [-0.2, 0) is 0 Å². The van der Waals surface area contributed by atoms with Crippen molar-refractivity contribution >= 4 is 0 Å². The highest BCUT2D eigenvalue weighted by molar-refractivity contribution is 5.70. The molecule has 1 aromatic heterocycles. The van der Waals surface area contributed by atoms with Gasteiger partial charge in [-0.1, -0.05) is 0 Å². The molecule has 18 heavy (non-hydrogen) atoms. The fourth-order valence-electron chi connectivity index (χ4n) is 1.89. The van der Waals surface area contributed by atoms with Crippen molar-refractivity contribution in [3.63, 3.8) is 0 Å². The molecule has 0 atom stereocenters. The van der Waals surface area contributed by atoms with Gasteiger partial charge in [-0.2, -0.15) is 0 Å². The minimum Gasteiger partial charge on any atom is -0.496 e. The fourth-order valence-corrected chi connectivity index (χ4v) is 1.89. The zero-order valence-electron chi connectivity index (χ0n) is 10.9. The Hall–Kier alpha value is -1.97. The second-order valence-corrected chi connectivity index (χ2v) is 4.17. The summed E-state index contributed by atoms with van der Waals surface area (Å²) in [5.41, 5.74) is 3.47. The van der Waals surface area contributed by atoms with Crippen LogP contribution in [0.15, 0.2) is 18.2 Å². The van der Waals surface area contributed by atoms with Gasteiger partial charge < -0.3 is 4.74 Å². The molecule has 2 aromatic rings. The number of hydrogen-bond donors (Lipinski definition) is 0. The summed E-state index contributed by atoms with van der Waals surface area (Å²) in [6.45, 7) is 5.72. The van der Waals surface area contributed by atoms with E-state index in [4.69, 9.17) is 4.74 Å². The number of nitrogens with zero attached hydrogens (tertiary/aromatic N) is 2. The highest BCUT2D eigenvalue weighted by atomic mass is 19.1. The number of halogens is 1. The Kier molecular flexibility index (Phi) is 3.28. The molecule has 94 valence electrons. The molecule has 0 aliphatic rings. The number of aryl methyl sites for hydroxylation is 2. The van der Waals surface area contributed by atoms with Crippen molar-refractivity contribution in [1.82, 2.24) is 9.97 Å². The SMILES string of the molecule is COc1cc(F)ccc1-c1nc(C)nc(C)c1C. The van der Waals surface area contributed by atoms with Crippen LogP contribution >= 0.6 is 0 Å². The number of benzene rings is 1. The van der Waals surface area contributed by atoms with E-state index in [0.717, 1.165) is 22.5 Å². The molecule has 0 saturated heterocycles. The van der Waals surface area contributed by atoms with E-state index in [2.05, 4.69) is 9.97 Å². The molecule has 0 N–H and O–H groups in total. The normalized spacial score (nSPS) is 10.5. The summed E-state index contributed by atoms with van der Waals surface area (Å²) in [4.78, 5) is 8.73. The molecular weight excluding hydrogens is 231 g/mol. The molecular formula is C14H15FN2O. The first kappa shape index (κ1) is 12.5. The van der Waals surface area contributed by atoms with Crippen molar-refractivity contribution in [2.45, 2.75) is 20.8 Å². The molecule has 0 amide bonds. The van der Waals surface area contributed by atoms with E-state index in [-0.39, 0.29) is 5.82 Å². The highest BCUT2D eigenvalue weighted by Crippen LogP contribution is 2.31. The van der Waals surface area contributed by atoms with Crippen LogP contribution in [0.3, 0.4) is 0 Å². The third-order valence-corrected chi connectivity index (χ3v) is 2.92. The Morgan fingerprint density at radius 2 is 1.83 bits per heavy atom. The number of hydrogen-bond acceptors (Lipinski definition) is 3. The van der Waals surface area contributed by atoms with E-state index in [9.17, 15) is 4.39 Å². The van der Waals surface area contributed by atoms with Crippen molar-refractivity contribution in [1.29, 1.82) is 0 Å². The lowest BCUT2D eigenvalue weighted by Gasteiger charge is -2.12. The second-order valence-electron chi connectivity index (χ2n) is 4.17. The van der Waals surface area contributed by atoms with Gasteiger partial charge in [0.15, 0.2) is 0 Å². The quantitative estimate of drug-likeness (QED) is 0.816. The molecule has 0 aliphatic heterocycles. The summed E-state index contributed by atoms with van der Waals surface area (Å²) in [5.74, 6) is 0.853. The lowest BCUT2D eigenvalue weighted by Crippen LogP contribution is -2.00.